The van der Waals surface area contributed by atoms with Gasteiger partial charge < -0.3 is 0 Å². The predicted molar refractivity (Wildman–Crippen MR) is 63.2 cm³/mol. The number of nitrogens with two attached hydrogens (primary N) is 1. The van der Waals surface area contributed by atoms with Crippen LogP contribution in [0.2, 0.25) is 5.02 Å². The highest BCUT2D eigenvalue weighted by Gasteiger charge is 2.06. The molecule has 0 bridgehead atoms. The summed E-state index contributed by atoms with van der Waals surface area (Å²) in [6, 6.07) is 3.75. The van der Waals surface area contributed by atoms with Gasteiger partial charge in [0.1, 0.15) is 5.03 Å². The quantitative estimate of drug-likeness (QED) is 0.495. The van der Waals surface area contributed by atoms with Crippen molar-refractivity contribution in [1.82, 2.24) is 15.0 Å². The number of aromatic nitrogens is 3. The van der Waals surface area contributed by atoms with Crippen molar-refractivity contribution in [3.8, 4) is 0 Å². The van der Waals surface area contributed by atoms with E-state index >= 15 is 0 Å². The lowest BCUT2D eigenvalue weighted by atomic mass is 10.5. The van der Waals surface area contributed by atoms with Crippen LogP contribution in [-0.2, 0) is 0 Å². The molecule has 0 fully saturated rings. The maximum absolute atomic E-state index is 5.97. The second-order valence-electron chi connectivity index (χ2n) is 2.78. The number of hydrogen-bond donors (Lipinski definition) is 2. The zero-order valence-corrected chi connectivity index (χ0v) is 9.66. The molecule has 0 saturated heterocycles. The summed E-state index contributed by atoms with van der Waals surface area (Å²) in [6.45, 7) is 0. The first-order chi connectivity index (χ1) is 7.79. The van der Waals surface area contributed by atoms with E-state index in [2.05, 4.69) is 20.4 Å². The average Bonchev–Trinajstić information content (AvgIpc) is 2.33. The van der Waals surface area contributed by atoms with Crippen molar-refractivity contribution in [2.24, 2.45) is 5.84 Å². The molecule has 0 aliphatic heterocycles. The van der Waals surface area contributed by atoms with Gasteiger partial charge in [-0.05, 0) is 12.1 Å². The third-order valence-corrected chi connectivity index (χ3v) is 3.11. The number of nitrogens with one attached hydrogen (secondary N) is 1. The molecule has 0 aliphatic rings. The number of nitrogens with zero attached hydrogens (tertiary/aromatic N) is 3. The molecule has 0 aromatic carbocycles. The van der Waals surface area contributed by atoms with Gasteiger partial charge in [-0.25, -0.2) is 15.8 Å². The molecule has 82 valence electrons. The summed E-state index contributed by atoms with van der Waals surface area (Å²) < 4.78 is 0. The summed E-state index contributed by atoms with van der Waals surface area (Å²) in [5.74, 6) is 5.56. The topological polar surface area (TPSA) is 76.7 Å². The van der Waals surface area contributed by atoms with Crippen LogP contribution in [0.4, 0.5) is 5.95 Å². The maximum Gasteiger partial charge on any atom is 0.238 e. The second-order valence-corrected chi connectivity index (χ2v) is 4.25. The minimum absolute atomic E-state index is 0.334. The van der Waals surface area contributed by atoms with Crippen LogP contribution in [0, 0.1) is 0 Å². The average molecular weight is 254 g/mol. The summed E-state index contributed by atoms with van der Waals surface area (Å²) >= 11 is 7.40. The first-order valence-electron chi connectivity index (χ1n) is 4.36. The van der Waals surface area contributed by atoms with Crippen LogP contribution in [-0.4, -0.2) is 15.0 Å². The van der Waals surface area contributed by atoms with Gasteiger partial charge in [-0.2, -0.15) is 0 Å². The molecule has 5 nitrogen and oxygen atoms in total. The molecule has 0 atom stereocenters. The molecule has 2 heterocycles. The molecule has 2 aromatic heterocycles. The zero-order chi connectivity index (χ0) is 11.4. The standard InChI is InChI=1S/C9H8ClN5S/c10-7-5-13-9(15-11)14-8(7)16-6-1-3-12-4-2-6/h1-5H,11H2,(H,13,14,15). The van der Waals surface area contributed by atoms with Gasteiger partial charge >= 0.3 is 0 Å². The molecule has 16 heavy (non-hydrogen) atoms. The Bertz CT molecular complexity index is 479. The number of nitrogen functional groups attached to an aromatic ring is 1. The smallest absolute Gasteiger partial charge is 0.238 e. The summed E-state index contributed by atoms with van der Waals surface area (Å²) in [7, 11) is 0. The molecule has 3 N–H and O–H groups in total. The van der Waals surface area contributed by atoms with E-state index in [1.54, 1.807) is 12.4 Å². The second kappa shape index (κ2) is 5.11. The third kappa shape index (κ3) is 2.60. The fourth-order valence-corrected chi connectivity index (χ4v) is 1.98. The predicted octanol–water partition coefficient (Wildman–Crippen LogP) is 1.96. The van der Waals surface area contributed by atoms with E-state index < -0.39 is 0 Å². The monoisotopic (exact) mass is 253 g/mol. The Morgan fingerprint density at radius 1 is 1.31 bits per heavy atom. The molecule has 0 spiro atoms. The Kier molecular flexibility index (Phi) is 3.55. The lowest BCUT2D eigenvalue weighted by Crippen LogP contribution is -2.10. The first kappa shape index (κ1) is 11.1. The molecule has 0 unspecified atom stereocenters. The van der Waals surface area contributed by atoms with Crippen LogP contribution in [0.15, 0.2) is 40.6 Å². The van der Waals surface area contributed by atoms with Crippen LogP contribution in [0.25, 0.3) is 0 Å². The van der Waals surface area contributed by atoms with Crippen molar-refractivity contribution in [1.29, 1.82) is 0 Å². The van der Waals surface area contributed by atoms with Crippen LogP contribution in [0.5, 0.6) is 0 Å². The van der Waals surface area contributed by atoms with Crippen LogP contribution < -0.4 is 11.3 Å². The first-order valence-corrected chi connectivity index (χ1v) is 5.56. The van der Waals surface area contributed by atoms with Crippen molar-refractivity contribution in [2.45, 2.75) is 9.92 Å². The van der Waals surface area contributed by atoms with E-state index in [1.165, 1.54) is 18.0 Å². The van der Waals surface area contributed by atoms with Crippen LogP contribution >= 0.6 is 23.4 Å². The van der Waals surface area contributed by atoms with E-state index in [0.29, 0.717) is 16.0 Å². The van der Waals surface area contributed by atoms with Crippen LogP contribution in [0.3, 0.4) is 0 Å². The molecule has 7 heteroatoms. The number of rotatable bonds is 3. The Hall–Kier alpha value is -1.37. The number of halogens is 1. The minimum Gasteiger partial charge on any atom is -0.292 e. The normalized spacial score (nSPS) is 10.1. The number of pyridine rings is 1. The van der Waals surface area contributed by atoms with Gasteiger partial charge in [-0.3, -0.25) is 10.4 Å². The Morgan fingerprint density at radius 2 is 2.06 bits per heavy atom. The van der Waals surface area contributed by atoms with Crippen molar-refractivity contribution in [3.05, 3.63) is 35.7 Å². The zero-order valence-electron chi connectivity index (χ0n) is 8.09. The third-order valence-electron chi connectivity index (χ3n) is 1.71. The largest absolute Gasteiger partial charge is 0.292 e. The van der Waals surface area contributed by atoms with Crippen molar-refractivity contribution < 1.29 is 0 Å². The molecule has 2 rings (SSSR count). The molecule has 0 aliphatic carbocycles. The Balaban J connectivity index is 2.27. The van der Waals surface area contributed by atoms with E-state index in [4.69, 9.17) is 17.4 Å². The number of hydrogen-bond acceptors (Lipinski definition) is 6. The minimum atomic E-state index is 0.334. The highest BCUT2D eigenvalue weighted by Crippen LogP contribution is 2.31. The van der Waals surface area contributed by atoms with Gasteiger partial charge in [-0.1, -0.05) is 23.4 Å². The fraction of sp³-hybridized carbons (Fsp3) is 0. The van der Waals surface area contributed by atoms with Crippen molar-refractivity contribution in [3.63, 3.8) is 0 Å². The molecule has 0 radical (unpaired) electrons. The maximum atomic E-state index is 5.97. The SMILES string of the molecule is NNc1ncc(Cl)c(Sc2ccncc2)n1. The lowest BCUT2D eigenvalue weighted by molar-refractivity contribution is 1.03. The highest BCUT2D eigenvalue weighted by atomic mass is 35.5. The van der Waals surface area contributed by atoms with E-state index in [-0.39, 0.29) is 0 Å². The Labute approximate surface area is 101 Å². The number of anilines is 1. The number of hydrazine groups is 1. The van der Waals surface area contributed by atoms with Crippen LogP contribution in [0.1, 0.15) is 0 Å². The van der Waals surface area contributed by atoms with Gasteiger partial charge in [0.15, 0.2) is 0 Å². The van der Waals surface area contributed by atoms with E-state index in [9.17, 15) is 0 Å². The van der Waals surface area contributed by atoms with Crippen molar-refractivity contribution in [2.75, 3.05) is 5.43 Å². The van der Waals surface area contributed by atoms with Crippen molar-refractivity contribution >= 4 is 29.3 Å². The summed E-state index contributed by atoms with van der Waals surface area (Å²) in [4.78, 5) is 13.0. The van der Waals surface area contributed by atoms with Gasteiger partial charge in [0, 0.05) is 17.3 Å². The molecular weight excluding hydrogens is 246 g/mol. The highest BCUT2D eigenvalue weighted by molar-refractivity contribution is 7.99. The van der Waals surface area contributed by atoms with E-state index in [0.717, 1.165) is 4.90 Å². The fourth-order valence-electron chi connectivity index (χ4n) is 1.01. The van der Waals surface area contributed by atoms with Gasteiger partial charge in [0.25, 0.3) is 0 Å². The van der Waals surface area contributed by atoms with Gasteiger partial charge in [0.05, 0.1) is 11.2 Å². The molecular formula is C9H8ClN5S. The lowest BCUT2D eigenvalue weighted by Gasteiger charge is -2.04. The molecule has 0 saturated carbocycles. The summed E-state index contributed by atoms with van der Waals surface area (Å²) in [5, 5.41) is 1.14. The molecule has 2 aromatic rings. The van der Waals surface area contributed by atoms with Gasteiger partial charge in [0.2, 0.25) is 5.95 Å². The summed E-state index contributed by atoms with van der Waals surface area (Å²) in [5.41, 5.74) is 2.37. The Morgan fingerprint density at radius 3 is 2.75 bits per heavy atom. The van der Waals surface area contributed by atoms with Gasteiger partial charge in [-0.15, -0.1) is 0 Å². The summed E-state index contributed by atoms with van der Waals surface area (Å²) in [6.07, 6.45) is 4.92. The molecule has 0 amide bonds. The van der Waals surface area contributed by atoms with E-state index in [1.807, 2.05) is 12.1 Å².